The second kappa shape index (κ2) is 10.9. The number of carbonyl (C=O) groups excluding carboxylic acids is 2. The lowest BCUT2D eigenvalue weighted by Gasteiger charge is -2.28. The highest BCUT2D eigenvalue weighted by atomic mass is 35.5. The molecule has 23 heavy (non-hydrogen) atoms. The van der Waals surface area contributed by atoms with E-state index in [4.69, 9.17) is 0 Å². The Kier molecular flexibility index (Phi) is 9.56. The Morgan fingerprint density at radius 3 is 2.35 bits per heavy atom. The third-order valence-corrected chi connectivity index (χ3v) is 5.11. The zero-order valence-corrected chi connectivity index (χ0v) is 15.1. The fraction of sp³-hybridized carbons (Fsp3) is 0.882. The van der Waals surface area contributed by atoms with Gasteiger partial charge in [-0.3, -0.25) is 9.59 Å². The molecule has 2 aliphatic rings. The highest BCUT2D eigenvalue weighted by Gasteiger charge is 2.22. The van der Waals surface area contributed by atoms with Crippen molar-refractivity contribution in [2.24, 2.45) is 11.8 Å². The second-order valence-electron chi connectivity index (χ2n) is 6.95. The number of hydrogen-bond donors (Lipinski definition) is 3. The molecular weight excluding hydrogens is 314 g/mol. The summed E-state index contributed by atoms with van der Waals surface area (Å²) in [6, 6.07) is 0.312. The Balaban J connectivity index is 0.00000264. The molecule has 2 amide bonds. The fourth-order valence-electron chi connectivity index (χ4n) is 3.65. The van der Waals surface area contributed by atoms with Gasteiger partial charge in [-0.25, -0.2) is 0 Å². The Hall–Kier alpha value is -0.810. The van der Waals surface area contributed by atoms with Gasteiger partial charge in [-0.15, -0.1) is 12.4 Å². The average Bonchev–Trinajstić information content (AvgIpc) is 2.55. The molecule has 0 aromatic heterocycles. The molecule has 2 fully saturated rings. The topological polar surface area (TPSA) is 70.2 Å². The molecule has 0 aromatic carbocycles. The van der Waals surface area contributed by atoms with E-state index in [1.807, 2.05) is 0 Å². The van der Waals surface area contributed by atoms with E-state index in [1.54, 1.807) is 0 Å². The first-order chi connectivity index (χ1) is 10.6. The molecule has 1 saturated heterocycles. The van der Waals surface area contributed by atoms with Gasteiger partial charge < -0.3 is 16.0 Å². The fourth-order valence-corrected chi connectivity index (χ4v) is 3.65. The van der Waals surface area contributed by atoms with Gasteiger partial charge in [0.15, 0.2) is 0 Å². The summed E-state index contributed by atoms with van der Waals surface area (Å²) in [6.45, 7) is 4.38. The summed E-state index contributed by atoms with van der Waals surface area (Å²) >= 11 is 0. The van der Waals surface area contributed by atoms with Crippen LogP contribution in [-0.4, -0.2) is 37.5 Å². The molecule has 0 aromatic rings. The van der Waals surface area contributed by atoms with E-state index in [2.05, 4.69) is 22.9 Å². The summed E-state index contributed by atoms with van der Waals surface area (Å²) in [6.07, 6.45) is 8.65. The van der Waals surface area contributed by atoms with Crippen LogP contribution in [0, 0.1) is 11.8 Å². The van der Waals surface area contributed by atoms with Crippen LogP contribution in [0.25, 0.3) is 0 Å². The molecule has 1 saturated carbocycles. The van der Waals surface area contributed by atoms with E-state index in [9.17, 15) is 9.59 Å². The molecule has 2 rings (SSSR count). The largest absolute Gasteiger partial charge is 0.352 e. The van der Waals surface area contributed by atoms with E-state index in [-0.39, 0.29) is 30.8 Å². The van der Waals surface area contributed by atoms with Crippen molar-refractivity contribution in [3.05, 3.63) is 0 Å². The van der Waals surface area contributed by atoms with Gasteiger partial charge in [0.05, 0.1) is 6.54 Å². The van der Waals surface area contributed by atoms with E-state index in [0.717, 1.165) is 38.8 Å². The van der Waals surface area contributed by atoms with Crippen LogP contribution in [0.5, 0.6) is 0 Å². The molecule has 3 N–H and O–H groups in total. The minimum Gasteiger partial charge on any atom is -0.352 e. The Morgan fingerprint density at radius 2 is 1.70 bits per heavy atom. The monoisotopic (exact) mass is 345 g/mol. The number of nitrogens with one attached hydrogen (secondary N) is 3. The van der Waals surface area contributed by atoms with Gasteiger partial charge in [-0.2, -0.15) is 0 Å². The summed E-state index contributed by atoms with van der Waals surface area (Å²) in [5.41, 5.74) is 0. The molecule has 134 valence electrons. The van der Waals surface area contributed by atoms with Crippen LogP contribution in [-0.2, 0) is 9.59 Å². The predicted octanol–water partition coefficient (Wildman–Crippen LogP) is 2.00. The normalized spacial score (nSPS) is 21.1. The molecule has 1 aliphatic heterocycles. The van der Waals surface area contributed by atoms with Crippen LogP contribution in [0.3, 0.4) is 0 Å². The number of piperidine rings is 1. The van der Waals surface area contributed by atoms with Crippen molar-refractivity contribution >= 4 is 24.2 Å². The predicted molar refractivity (Wildman–Crippen MR) is 94.6 cm³/mol. The van der Waals surface area contributed by atoms with Crippen molar-refractivity contribution in [1.82, 2.24) is 16.0 Å². The zero-order chi connectivity index (χ0) is 15.8. The Morgan fingerprint density at radius 1 is 1.04 bits per heavy atom. The Labute approximate surface area is 146 Å². The highest BCUT2D eigenvalue weighted by molar-refractivity contribution is 5.85. The molecule has 0 spiro atoms. The van der Waals surface area contributed by atoms with Crippen molar-refractivity contribution < 1.29 is 9.59 Å². The van der Waals surface area contributed by atoms with Crippen LogP contribution in [0.15, 0.2) is 0 Å². The molecule has 1 aliphatic carbocycles. The maximum Gasteiger partial charge on any atom is 0.239 e. The first-order valence-corrected chi connectivity index (χ1v) is 8.92. The summed E-state index contributed by atoms with van der Waals surface area (Å²) in [4.78, 5) is 23.9. The minimum absolute atomic E-state index is 0. The van der Waals surface area contributed by atoms with Crippen LogP contribution < -0.4 is 16.0 Å². The first-order valence-electron chi connectivity index (χ1n) is 8.92. The second-order valence-corrected chi connectivity index (χ2v) is 6.95. The maximum atomic E-state index is 12.0. The lowest BCUT2D eigenvalue weighted by Crippen LogP contribution is -2.43. The zero-order valence-electron chi connectivity index (χ0n) is 14.2. The van der Waals surface area contributed by atoms with Crippen molar-refractivity contribution in [2.45, 2.75) is 64.3 Å². The number of halogens is 1. The van der Waals surface area contributed by atoms with E-state index in [0.29, 0.717) is 24.3 Å². The van der Waals surface area contributed by atoms with Gasteiger partial charge in [-0.1, -0.05) is 26.2 Å². The van der Waals surface area contributed by atoms with Gasteiger partial charge >= 0.3 is 0 Å². The van der Waals surface area contributed by atoms with E-state index in [1.165, 1.54) is 19.3 Å². The van der Waals surface area contributed by atoms with Crippen molar-refractivity contribution in [2.75, 3.05) is 19.6 Å². The number of amides is 2. The SMILES string of the molecule is CC(CC(=O)NCC(=O)NC1CCCCC1)C1CCNCC1.Cl. The molecule has 1 heterocycles. The van der Waals surface area contributed by atoms with Gasteiger partial charge in [0.2, 0.25) is 11.8 Å². The van der Waals surface area contributed by atoms with Gasteiger partial charge in [-0.05, 0) is 50.6 Å². The highest BCUT2D eigenvalue weighted by Crippen LogP contribution is 2.24. The molecule has 0 bridgehead atoms. The standard InChI is InChI=1S/C17H31N3O2.ClH/c1-13(14-7-9-18-10-8-14)11-16(21)19-12-17(22)20-15-5-3-2-4-6-15;/h13-15,18H,2-12H2,1H3,(H,19,21)(H,20,22);1H. The van der Waals surface area contributed by atoms with Gasteiger partial charge in [0.1, 0.15) is 0 Å². The van der Waals surface area contributed by atoms with E-state index < -0.39 is 0 Å². The summed E-state index contributed by atoms with van der Waals surface area (Å²) < 4.78 is 0. The third-order valence-electron chi connectivity index (χ3n) is 5.11. The lowest BCUT2D eigenvalue weighted by atomic mass is 9.84. The maximum absolute atomic E-state index is 12.0. The lowest BCUT2D eigenvalue weighted by molar-refractivity contribution is -0.127. The van der Waals surface area contributed by atoms with Gasteiger partial charge in [0.25, 0.3) is 0 Å². The molecule has 6 heteroatoms. The number of hydrogen-bond acceptors (Lipinski definition) is 3. The molecule has 1 atom stereocenters. The van der Waals surface area contributed by atoms with Crippen molar-refractivity contribution in [3.63, 3.8) is 0 Å². The van der Waals surface area contributed by atoms with E-state index >= 15 is 0 Å². The Bertz CT molecular complexity index is 367. The van der Waals surface area contributed by atoms with Crippen LogP contribution in [0.1, 0.15) is 58.3 Å². The van der Waals surface area contributed by atoms with Crippen LogP contribution in [0.2, 0.25) is 0 Å². The molecule has 0 radical (unpaired) electrons. The molecular formula is C17H32ClN3O2. The summed E-state index contributed by atoms with van der Waals surface area (Å²) in [5.74, 6) is 0.978. The van der Waals surface area contributed by atoms with Gasteiger partial charge in [0, 0.05) is 12.5 Å². The third kappa shape index (κ3) is 7.53. The number of rotatable bonds is 6. The van der Waals surface area contributed by atoms with Crippen LogP contribution in [0.4, 0.5) is 0 Å². The molecule has 1 unspecified atom stereocenters. The molecule has 5 nitrogen and oxygen atoms in total. The van der Waals surface area contributed by atoms with Crippen molar-refractivity contribution in [3.8, 4) is 0 Å². The first kappa shape index (κ1) is 20.2. The smallest absolute Gasteiger partial charge is 0.239 e. The minimum atomic E-state index is -0.0465. The summed E-state index contributed by atoms with van der Waals surface area (Å²) in [5, 5.41) is 9.15. The summed E-state index contributed by atoms with van der Waals surface area (Å²) in [7, 11) is 0. The number of carbonyl (C=O) groups is 2. The quantitative estimate of drug-likeness (QED) is 0.689. The average molecular weight is 346 g/mol. The van der Waals surface area contributed by atoms with Crippen molar-refractivity contribution in [1.29, 1.82) is 0 Å². The van der Waals surface area contributed by atoms with Crippen LogP contribution >= 0.6 is 12.4 Å².